The van der Waals surface area contributed by atoms with E-state index in [-0.39, 0.29) is 23.2 Å². The van der Waals surface area contributed by atoms with Crippen LogP contribution in [0.5, 0.6) is 0 Å². The standard InChI is InChI=1S/C9H16N4O3S/c1-7(6-16-2)13-17(14,15)9-5-11-4-3-8(9)12-10/h3-5,7,13H,6,10H2,1-2H3,(H,11,12). The summed E-state index contributed by atoms with van der Waals surface area (Å²) in [4.78, 5) is 3.77. The predicted octanol–water partition coefficient (Wildman–Crippen LogP) is -0.320. The molecule has 7 nitrogen and oxygen atoms in total. The third-order valence-corrected chi connectivity index (χ3v) is 3.62. The van der Waals surface area contributed by atoms with E-state index in [1.54, 1.807) is 6.92 Å². The third-order valence-electron chi connectivity index (χ3n) is 2.00. The maximum absolute atomic E-state index is 12.0. The van der Waals surface area contributed by atoms with Crippen LogP contribution in [0.1, 0.15) is 6.92 Å². The molecule has 1 unspecified atom stereocenters. The minimum atomic E-state index is -3.66. The van der Waals surface area contributed by atoms with Crippen LogP contribution >= 0.6 is 0 Å². The summed E-state index contributed by atoms with van der Waals surface area (Å²) in [5.41, 5.74) is 2.61. The Labute approximate surface area is 100 Å². The van der Waals surface area contributed by atoms with Crippen LogP contribution in [0.2, 0.25) is 0 Å². The molecule has 0 spiro atoms. The van der Waals surface area contributed by atoms with E-state index in [9.17, 15) is 8.42 Å². The van der Waals surface area contributed by atoms with Crippen molar-refractivity contribution in [2.24, 2.45) is 5.84 Å². The van der Waals surface area contributed by atoms with Crippen LogP contribution in [-0.4, -0.2) is 33.2 Å². The number of hydrogen-bond donors (Lipinski definition) is 3. The van der Waals surface area contributed by atoms with Gasteiger partial charge in [-0.05, 0) is 13.0 Å². The molecule has 4 N–H and O–H groups in total. The van der Waals surface area contributed by atoms with Crippen molar-refractivity contribution in [1.29, 1.82) is 0 Å². The van der Waals surface area contributed by atoms with Gasteiger partial charge in [0.05, 0.1) is 12.3 Å². The largest absolute Gasteiger partial charge is 0.383 e. The smallest absolute Gasteiger partial charge is 0.244 e. The summed E-state index contributed by atoms with van der Waals surface area (Å²) < 4.78 is 31.3. The number of anilines is 1. The molecule has 0 aliphatic heterocycles. The van der Waals surface area contributed by atoms with Crippen molar-refractivity contribution < 1.29 is 13.2 Å². The minimum absolute atomic E-state index is 0.00505. The maximum Gasteiger partial charge on any atom is 0.244 e. The maximum atomic E-state index is 12.0. The summed E-state index contributed by atoms with van der Waals surface area (Å²) in [7, 11) is -2.16. The van der Waals surface area contributed by atoms with Crippen LogP contribution in [0.3, 0.4) is 0 Å². The summed E-state index contributed by atoms with van der Waals surface area (Å²) >= 11 is 0. The molecule has 0 aliphatic carbocycles. The molecule has 0 radical (unpaired) electrons. The molecule has 1 aromatic heterocycles. The van der Waals surface area contributed by atoms with Gasteiger partial charge in [-0.15, -0.1) is 0 Å². The van der Waals surface area contributed by atoms with E-state index in [0.717, 1.165) is 0 Å². The molecule has 0 bridgehead atoms. The molecule has 8 heteroatoms. The molecule has 0 saturated heterocycles. The average Bonchev–Trinajstić information content (AvgIpc) is 2.28. The summed E-state index contributed by atoms with van der Waals surface area (Å²) in [6, 6.07) is 1.14. The molecule has 1 atom stereocenters. The molecule has 0 amide bonds. The molecule has 0 aliphatic rings. The normalized spacial score (nSPS) is 13.4. The van der Waals surface area contributed by atoms with Crippen LogP contribution in [0.15, 0.2) is 23.4 Å². The van der Waals surface area contributed by atoms with Crippen molar-refractivity contribution in [1.82, 2.24) is 9.71 Å². The van der Waals surface area contributed by atoms with E-state index < -0.39 is 10.0 Å². The summed E-state index contributed by atoms with van der Waals surface area (Å²) in [5, 5.41) is 0. The van der Waals surface area contributed by atoms with Gasteiger partial charge in [-0.2, -0.15) is 0 Å². The summed E-state index contributed by atoms with van der Waals surface area (Å²) in [6.45, 7) is 1.98. The van der Waals surface area contributed by atoms with Crippen molar-refractivity contribution in [2.75, 3.05) is 19.1 Å². The third kappa shape index (κ3) is 3.63. The number of sulfonamides is 1. The number of hydrogen-bond acceptors (Lipinski definition) is 6. The molecule has 96 valence electrons. The van der Waals surface area contributed by atoms with Gasteiger partial charge in [-0.3, -0.25) is 10.8 Å². The number of methoxy groups -OCH3 is 1. The van der Waals surface area contributed by atoms with E-state index in [1.165, 1.54) is 25.6 Å². The molecule has 1 rings (SSSR count). The minimum Gasteiger partial charge on any atom is -0.383 e. The Morgan fingerprint density at radius 1 is 1.59 bits per heavy atom. The molecule has 0 fully saturated rings. The van der Waals surface area contributed by atoms with E-state index in [0.29, 0.717) is 0 Å². The highest BCUT2D eigenvalue weighted by molar-refractivity contribution is 7.89. The Morgan fingerprint density at radius 3 is 2.88 bits per heavy atom. The molecule has 0 aromatic carbocycles. The van der Waals surface area contributed by atoms with Crippen LogP contribution in [-0.2, 0) is 14.8 Å². The summed E-state index contributed by atoms with van der Waals surface area (Å²) in [5.74, 6) is 5.24. The molecule has 1 heterocycles. The van der Waals surface area contributed by atoms with Crippen LogP contribution in [0, 0.1) is 0 Å². The predicted molar refractivity (Wildman–Crippen MR) is 63.7 cm³/mol. The van der Waals surface area contributed by atoms with Gasteiger partial charge in [0.1, 0.15) is 4.90 Å². The number of nitrogens with one attached hydrogen (secondary N) is 2. The topological polar surface area (TPSA) is 106 Å². The molecular weight excluding hydrogens is 244 g/mol. The number of nitrogen functional groups attached to an aromatic ring is 1. The quantitative estimate of drug-likeness (QED) is 0.478. The van der Waals surface area contributed by atoms with Gasteiger partial charge in [-0.25, -0.2) is 13.1 Å². The van der Waals surface area contributed by atoms with Crippen LogP contribution < -0.4 is 16.0 Å². The second kappa shape index (κ2) is 5.92. The number of aromatic nitrogens is 1. The lowest BCUT2D eigenvalue weighted by Gasteiger charge is -2.14. The highest BCUT2D eigenvalue weighted by atomic mass is 32.2. The molecule has 1 aromatic rings. The van der Waals surface area contributed by atoms with Crippen molar-refractivity contribution in [3.63, 3.8) is 0 Å². The average molecular weight is 260 g/mol. The lowest BCUT2D eigenvalue weighted by Crippen LogP contribution is -2.36. The van der Waals surface area contributed by atoms with Crippen molar-refractivity contribution in [3.8, 4) is 0 Å². The van der Waals surface area contributed by atoms with E-state index in [2.05, 4.69) is 15.1 Å². The Morgan fingerprint density at radius 2 is 2.29 bits per heavy atom. The fourth-order valence-electron chi connectivity index (χ4n) is 1.33. The lowest BCUT2D eigenvalue weighted by atomic mass is 10.4. The molecule has 17 heavy (non-hydrogen) atoms. The van der Waals surface area contributed by atoms with Crippen molar-refractivity contribution in [3.05, 3.63) is 18.5 Å². The highest BCUT2D eigenvalue weighted by Crippen LogP contribution is 2.18. The zero-order chi connectivity index (χ0) is 12.9. The number of hydrazine groups is 1. The monoisotopic (exact) mass is 260 g/mol. The van der Waals surface area contributed by atoms with Crippen molar-refractivity contribution in [2.45, 2.75) is 17.9 Å². The number of nitrogens with zero attached hydrogens (tertiary/aromatic N) is 1. The Balaban J connectivity index is 2.97. The first kappa shape index (κ1) is 13.8. The van der Waals surface area contributed by atoms with Gasteiger partial charge >= 0.3 is 0 Å². The molecule has 0 saturated carbocycles. The van der Waals surface area contributed by atoms with E-state index >= 15 is 0 Å². The first-order valence-electron chi connectivity index (χ1n) is 4.93. The van der Waals surface area contributed by atoms with Gasteiger partial charge in [-0.1, -0.05) is 0 Å². The molecular formula is C9H16N4O3S. The van der Waals surface area contributed by atoms with Gasteiger partial charge in [0.25, 0.3) is 0 Å². The first-order chi connectivity index (χ1) is 8.01. The Hall–Kier alpha value is -1.22. The van der Waals surface area contributed by atoms with Gasteiger partial charge in [0.2, 0.25) is 10.0 Å². The van der Waals surface area contributed by atoms with Crippen LogP contribution in [0.25, 0.3) is 0 Å². The fraction of sp³-hybridized carbons (Fsp3) is 0.444. The fourth-order valence-corrected chi connectivity index (χ4v) is 2.67. The Kier molecular flexibility index (Phi) is 4.82. The van der Waals surface area contributed by atoms with Gasteiger partial charge in [0, 0.05) is 25.5 Å². The summed E-state index contributed by atoms with van der Waals surface area (Å²) in [6.07, 6.45) is 2.68. The number of rotatable bonds is 6. The number of pyridine rings is 1. The SMILES string of the molecule is COCC(C)NS(=O)(=O)c1cnccc1NN. The highest BCUT2D eigenvalue weighted by Gasteiger charge is 2.20. The number of ether oxygens (including phenoxy) is 1. The lowest BCUT2D eigenvalue weighted by molar-refractivity contribution is 0.180. The van der Waals surface area contributed by atoms with Gasteiger partial charge < -0.3 is 10.2 Å². The zero-order valence-electron chi connectivity index (χ0n) is 9.67. The zero-order valence-corrected chi connectivity index (χ0v) is 10.5. The van der Waals surface area contributed by atoms with Gasteiger partial charge in [0.15, 0.2) is 0 Å². The van der Waals surface area contributed by atoms with E-state index in [1.807, 2.05) is 0 Å². The van der Waals surface area contributed by atoms with E-state index in [4.69, 9.17) is 10.6 Å². The Bertz CT molecular complexity index is 463. The first-order valence-corrected chi connectivity index (χ1v) is 6.41. The van der Waals surface area contributed by atoms with Crippen LogP contribution in [0.4, 0.5) is 5.69 Å². The van der Waals surface area contributed by atoms with Crippen molar-refractivity contribution >= 4 is 15.7 Å². The number of nitrogens with two attached hydrogens (primary N) is 1. The second-order valence-electron chi connectivity index (χ2n) is 3.49. The second-order valence-corrected chi connectivity index (χ2v) is 5.18.